The summed E-state index contributed by atoms with van der Waals surface area (Å²) < 4.78 is 72.0. The van der Waals surface area contributed by atoms with E-state index in [9.17, 15) is 26.7 Å². The third-order valence-electron chi connectivity index (χ3n) is 3.35. The standard InChI is InChI=1S/C18H13F5O3/c1-25-15-4-2-3-12(16(15)26-17(19)20)7-10-14(24)11-5-8-13(9-6-11)18(21,22)23/h2-10,17H,1H3/b10-7+. The molecule has 0 atom stereocenters. The maximum atomic E-state index is 12.6. The van der Waals surface area contributed by atoms with Gasteiger partial charge in [0, 0.05) is 11.1 Å². The van der Waals surface area contributed by atoms with Gasteiger partial charge in [-0.3, -0.25) is 4.79 Å². The van der Waals surface area contributed by atoms with Gasteiger partial charge in [-0.1, -0.05) is 24.3 Å². The molecular weight excluding hydrogens is 359 g/mol. The molecule has 0 fully saturated rings. The molecule has 0 aromatic heterocycles. The van der Waals surface area contributed by atoms with Crippen molar-refractivity contribution in [1.29, 1.82) is 0 Å². The van der Waals surface area contributed by atoms with Crippen LogP contribution >= 0.6 is 0 Å². The number of rotatable bonds is 6. The van der Waals surface area contributed by atoms with Gasteiger partial charge in [0.15, 0.2) is 17.3 Å². The minimum atomic E-state index is -4.50. The SMILES string of the molecule is COc1cccc(/C=C/C(=O)c2ccc(C(F)(F)F)cc2)c1OC(F)F. The fourth-order valence-corrected chi connectivity index (χ4v) is 2.13. The Morgan fingerprint density at radius 3 is 2.27 bits per heavy atom. The number of ether oxygens (including phenoxy) is 2. The van der Waals surface area contributed by atoms with Gasteiger partial charge in [0.25, 0.3) is 0 Å². The van der Waals surface area contributed by atoms with Gasteiger partial charge >= 0.3 is 12.8 Å². The normalized spacial score (nSPS) is 11.8. The molecule has 0 saturated carbocycles. The van der Waals surface area contributed by atoms with Gasteiger partial charge in [0.1, 0.15) is 0 Å². The summed E-state index contributed by atoms with van der Waals surface area (Å²) in [7, 11) is 1.27. The van der Waals surface area contributed by atoms with E-state index in [2.05, 4.69) is 4.74 Å². The lowest BCUT2D eigenvalue weighted by molar-refractivity contribution is -0.137. The van der Waals surface area contributed by atoms with Crippen molar-refractivity contribution in [3.8, 4) is 11.5 Å². The summed E-state index contributed by atoms with van der Waals surface area (Å²) >= 11 is 0. The lowest BCUT2D eigenvalue weighted by atomic mass is 10.1. The van der Waals surface area contributed by atoms with Gasteiger partial charge in [0.2, 0.25) is 0 Å². The maximum absolute atomic E-state index is 12.6. The first kappa shape index (κ1) is 19.4. The van der Waals surface area contributed by atoms with E-state index < -0.39 is 24.1 Å². The van der Waals surface area contributed by atoms with E-state index >= 15 is 0 Å². The molecule has 0 spiro atoms. The van der Waals surface area contributed by atoms with Crippen molar-refractivity contribution in [1.82, 2.24) is 0 Å². The Bertz CT molecular complexity index is 795. The number of para-hydroxylation sites is 1. The molecule has 0 radical (unpaired) electrons. The summed E-state index contributed by atoms with van der Waals surface area (Å²) in [6, 6.07) is 8.01. The van der Waals surface area contributed by atoms with Crippen LogP contribution in [0.3, 0.4) is 0 Å². The molecule has 0 saturated heterocycles. The van der Waals surface area contributed by atoms with E-state index in [1.165, 1.54) is 31.4 Å². The summed E-state index contributed by atoms with van der Waals surface area (Å²) in [6.07, 6.45) is -2.23. The Morgan fingerprint density at radius 2 is 1.73 bits per heavy atom. The summed E-state index contributed by atoms with van der Waals surface area (Å²) in [5, 5.41) is 0. The molecule has 0 unspecified atom stereocenters. The van der Waals surface area contributed by atoms with Gasteiger partial charge < -0.3 is 9.47 Å². The number of allylic oxidation sites excluding steroid dienone is 1. The smallest absolute Gasteiger partial charge is 0.416 e. The minimum absolute atomic E-state index is 0.0217. The Kier molecular flexibility index (Phi) is 5.97. The molecule has 3 nitrogen and oxygen atoms in total. The zero-order valence-corrected chi connectivity index (χ0v) is 13.4. The minimum Gasteiger partial charge on any atom is -0.493 e. The lowest BCUT2D eigenvalue weighted by Crippen LogP contribution is -2.05. The van der Waals surface area contributed by atoms with Crippen molar-refractivity contribution >= 4 is 11.9 Å². The molecule has 0 amide bonds. The molecule has 0 N–H and O–H groups in total. The largest absolute Gasteiger partial charge is 0.493 e. The predicted octanol–water partition coefficient (Wildman–Crippen LogP) is 5.21. The Labute approximate surface area is 145 Å². The summed E-state index contributed by atoms with van der Waals surface area (Å²) in [4.78, 5) is 12.1. The van der Waals surface area contributed by atoms with E-state index in [4.69, 9.17) is 4.74 Å². The van der Waals surface area contributed by atoms with Crippen LogP contribution < -0.4 is 9.47 Å². The molecule has 0 aliphatic rings. The second-order valence-electron chi connectivity index (χ2n) is 5.03. The number of carbonyl (C=O) groups excluding carboxylic acids is 1. The Hall–Kier alpha value is -2.90. The van der Waals surface area contributed by atoms with Crippen molar-refractivity contribution in [2.24, 2.45) is 0 Å². The van der Waals surface area contributed by atoms with Crippen LogP contribution in [0.15, 0.2) is 48.5 Å². The van der Waals surface area contributed by atoms with Crippen LogP contribution in [0.4, 0.5) is 22.0 Å². The Morgan fingerprint density at radius 1 is 1.08 bits per heavy atom. The van der Waals surface area contributed by atoms with Gasteiger partial charge in [-0.15, -0.1) is 0 Å². The highest BCUT2D eigenvalue weighted by Crippen LogP contribution is 2.33. The fraction of sp³-hybridized carbons (Fsp3) is 0.167. The van der Waals surface area contributed by atoms with E-state index in [0.29, 0.717) is 0 Å². The Balaban J connectivity index is 2.25. The topological polar surface area (TPSA) is 35.5 Å². The number of carbonyl (C=O) groups is 1. The van der Waals surface area contributed by atoms with Crippen molar-refractivity contribution in [3.05, 3.63) is 65.2 Å². The molecule has 0 aliphatic carbocycles. The predicted molar refractivity (Wildman–Crippen MR) is 84.4 cm³/mol. The van der Waals surface area contributed by atoms with Gasteiger partial charge in [-0.2, -0.15) is 22.0 Å². The summed E-state index contributed by atoms with van der Waals surface area (Å²) in [5.74, 6) is -0.791. The van der Waals surface area contributed by atoms with E-state index in [1.807, 2.05) is 0 Å². The van der Waals surface area contributed by atoms with Crippen LogP contribution in [0.5, 0.6) is 11.5 Å². The highest BCUT2D eigenvalue weighted by Gasteiger charge is 2.30. The zero-order valence-electron chi connectivity index (χ0n) is 13.4. The van der Waals surface area contributed by atoms with Crippen molar-refractivity contribution in [2.75, 3.05) is 7.11 Å². The molecule has 2 aromatic carbocycles. The summed E-state index contributed by atoms with van der Waals surface area (Å²) in [5.41, 5.74) is -0.697. The quantitative estimate of drug-likeness (QED) is 0.397. The number of hydrogen-bond donors (Lipinski definition) is 0. The molecule has 2 rings (SSSR count). The second-order valence-corrected chi connectivity index (χ2v) is 5.03. The van der Waals surface area contributed by atoms with E-state index in [0.717, 1.165) is 30.3 Å². The lowest BCUT2D eigenvalue weighted by Gasteiger charge is -2.12. The van der Waals surface area contributed by atoms with Crippen LogP contribution in [0.25, 0.3) is 6.08 Å². The number of halogens is 5. The molecule has 8 heteroatoms. The monoisotopic (exact) mass is 372 g/mol. The third kappa shape index (κ3) is 4.81. The number of hydrogen-bond acceptors (Lipinski definition) is 3. The fourth-order valence-electron chi connectivity index (χ4n) is 2.13. The first-order valence-electron chi connectivity index (χ1n) is 7.24. The highest BCUT2D eigenvalue weighted by molar-refractivity contribution is 6.07. The highest BCUT2D eigenvalue weighted by atomic mass is 19.4. The average Bonchev–Trinajstić information content (AvgIpc) is 2.59. The molecule has 26 heavy (non-hydrogen) atoms. The number of alkyl halides is 5. The molecule has 138 valence electrons. The van der Waals surface area contributed by atoms with Crippen LogP contribution in [-0.2, 0) is 6.18 Å². The van der Waals surface area contributed by atoms with E-state index in [-0.39, 0.29) is 22.6 Å². The number of ketones is 1. The summed E-state index contributed by atoms with van der Waals surface area (Å²) in [6.45, 7) is -3.09. The average molecular weight is 372 g/mol. The van der Waals surface area contributed by atoms with Crippen LogP contribution in [0.1, 0.15) is 21.5 Å². The van der Waals surface area contributed by atoms with Crippen LogP contribution in [0.2, 0.25) is 0 Å². The molecule has 0 aliphatic heterocycles. The van der Waals surface area contributed by atoms with E-state index in [1.54, 1.807) is 0 Å². The van der Waals surface area contributed by atoms with Gasteiger partial charge in [0.05, 0.1) is 12.7 Å². The first-order chi connectivity index (χ1) is 12.2. The second kappa shape index (κ2) is 7.99. The molecular formula is C18H13F5O3. The van der Waals surface area contributed by atoms with Crippen LogP contribution in [0, 0.1) is 0 Å². The van der Waals surface area contributed by atoms with Gasteiger partial charge in [-0.25, -0.2) is 0 Å². The van der Waals surface area contributed by atoms with Crippen molar-refractivity contribution in [3.63, 3.8) is 0 Å². The van der Waals surface area contributed by atoms with Crippen molar-refractivity contribution < 1.29 is 36.2 Å². The molecule has 2 aromatic rings. The number of methoxy groups -OCH3 is 1. The molecule has 0 bridgehead atoms. The van der Waals surface area contributed by atoms with Crippen LogP contribution in [-0.4, -0.2) is 19.5 Å². The molecule has 0 heterocycles. The first-order valence-corrected chi connectivity index (χ1v) is 7.24. The third-order valence-corrected chi connectivity index (χ3v) is 3.35. The zero-order chi connectivity index (χ0) is 19.3. The van der Waals surface area contributed by atoms with Gasteiger partial charge in [-0.05, 0) is 30.4 Å². The maximum Gasteiger partial charge on any atom is 0.416 e. The number of benzene rings is 2. The van der Waals surface area contributed by atoms with Crippen molar-refractivity contribution in [2.45, 2.75) is 12.8 Å².